The van der Waals surface area contributed by atoms with Gasteiger partial charge in [0.2, 0.25) is 0 Å². The number of nitrogens with zero attached hydrogens (tertiary/aromatic N) is 3. The molecule has 1 aliphatic carbocycles. The Bertz CT molecular complexity index is 576. The highest BCUT2D eigenvalue weighted by molar-refractivity contribution is 5.49. The van der Waals surface area contributed by atoms with E-state index in [1.165, 1.54) is 25.1 Å². The molecule has 0 unspecified atom stereocenters. The van der Waals surface area contributed by atoms with E-state index in [-0.39, 0.29) is 11.9 Å². The van der Waals surface area contributed by atoms with Gasteiger partial charge in [-0.05, 0) is 30.9 Å². The number of ether oxygens (including phenoxy) is 1. The zero-order valence-electron chi connectivity index (χ0n) is 12.8. The van der Waals surface area contributed by atoms with Crippen LogP contribution in [-0.2, 0) is 10.9 Å². The van der Waals surface area contributed by atoms with E-state index in [0.29, 0.717) is 31.7 Å². The van der Waals surface area contributed by atoms with Crippen LogP contribution in [0.4, 0.5) is 19.0 Å². The monoisotopic (exact) mass is 327 g/mol. The molecule has 23 heavy (non-hydrogen) atoms. The Morgan fingerprint density at radius 3 is 2.74 bits per heavy atom. The molecule has 2 saturated heterocycles. The largest absolute Gasteiger partial charge is 0.419 e. The van der Waals surface area contributed by atoms with E-state index in [1.807, 2.05) is 0 Å². The van der Waals surface area contributed by atoms with Crippen LogP contribution in [0.25, 0.3) is 0 Å². The summed E-state index contributed by atoms with van der Waals surface area (Å²) < 4.78 is 45.4. The Morgan fingerprint density at radius 2 is 2.00 bits per heavy atom. The van der Waals surface area contributed by atoms with E-state index < -0.39 is 11.7 Å². The summed E-state index contributed by atoms with van der Waals surface area (Å²) >= 11 is 0. The van der Waals surface area contributed by atoms with Crippen molar-refractivity contribution in [3.05, 3.63) is 23.9 Å². The average Bonchev–Trinajstić information content (AvgIpc) is 3.38. The van der Waals surface area contributed by atoms with Crippen LogP contribution in [-0.4, -0.2) is 54.8 Å². The maximum Gasteiger partial charge on any atom is 0.419 e. The van der Waals surface area contributed by atoms with Crippen LogP contribution in [0.2, 0.25) is 0 Å². The lowest BCUT2D eigenvalue weighted by molar-refractivity contribution is -0.137. The SMILES string of the molecule is FC(F)(F)c1cccnc1N1CCN2[C@@H](COC[C@@H]2C2CC2)C1. The van der Waals surface area contributed by atoms with Crippen LogP contribution < -0.4 is 4.90 Å². The van der Waals surface area contributed by atoms with Crippen LogP contribution in [0, 0.1) is 5.92 Å². The summed E-state index contributed by atoms with van der Waals surface area (Å²) in [6, 6.07) is 3.06. The van der Waals surface area contributed by atoms with Crippen LogP contribution >= 0.6 is 0 Å². The molecule has 3 aliphatic rings. The number of hydrogen-bond acceptors (Lipinski definition) is 4. The van der Waals surface area contributed by atoms with Gasteiger partial charge < -0.3 is 9.64 Å². The highest BCUT2D eigenvalue weighted by Crippen LogP contribution is 2.40. The number of rotatable bonds is 2. The number of halogens is 3. The fourth-order valence-electron chi connectivity index (χ4n) is 3.83. The Labute approximate surface area is 133 Å². The minimum atomic E-state index is -4.37. The molecule has 0 aromatic carbocycles. The molecule has 3 heterocycles. The Balaban J connectivity index is 1.54. The molecule has 0 N–H and O–H groups in total. The maximum atomic E-state index is 13.2. The summed E-state index contributed by atoms with van der Waals surface area (Å²) in [7, 11) is 0. The van der Waals surface area contributed by atoms with Crippen molar-refractivity contribution in [3.8, 4) is 0 Å². The van der Waals surface area contributed by atoms with E-state index in [2.05, 4.69) is 9.88 Å². The number of fused-ring (bicyclic) bond motifs is 1. The van der Waals surface area contributed by atoms with Gasteiger partial charge in [-0.25, -0.2) is 4.98 Å². The molecule has 7 heteroatoms. The summed E-state index contributed by atoms with van der Waals surface area (Å²) in [6.07, 6.45) is -0.444. The summed E-state index contributed by atoms with van der Waals surface area (Å²) in [5.41, 5.74) is -0.649. The third-order valence-electron chi connectivity index (χ3n) is 5.11. The Hall–Kier alpha value is -1.34. The van der Waals surface area contributed by atoms with Crippen LogP contribution in [0.3, 0.4) is 0 Å². The van der Waals surface area contributed by atoms with Gasteiger partial charge in [-0.2, -0.15) is 13.2 Å². The average molecular weight is 327 g/mol. The van der Waals surface area contributed by atoms with Gasteiger partial charge in [-0.3, -0.25) is 4.90 Å². The lowest BCUT2D eigenvalue weighted by atomic mass is 10.0. The molecule has 0 bridgehead atoms. The van der Waals surface area contributed by atoms with Gasteiger partial charge in [-0.15, -0.1) is 0 Å². The zero-order valence-corrected chi connectivity index (χ0v) is 12.8. The first kappa shape index (κ1) is 15.2. The van der Waals surface area contributed by atoms with Crippen molar-refractivity contribution in [2.45, 2.75) is 31.1 Å². The molecule has 1 saturated carbocycles. The second-order valence-corrected chi connectivity index (χ2v) is 6.65. The van der Waals surface area contributed by atoms with Gasteiger partial charge in [0.1, 0.15) is 5.82 Å². The summed E-state index contributed by atoms with van der Waals surface area (Å²) in [4.78, 5) is 8.24. The van der Waals surface area contributed by atoms with Gasteiger partial charge in [0, 0.05) is 31.9 Å². The maximum absolute atomic E-state index is 13.2. The minimum Gasteiger partial charge on any atom is -0.378 e. The molecule has 1 aromatic rings. The van der Waals surface area contributed by atoms with Crippen LogP contribution in [0.1, 0.15) is 18.4 Å². The molecular formula is C16H20F3N3O. The first-order chi connectivity index (χ1) is 11.0. The number of alkyl halides is 3. The smallest absolute Gasteiger partial charge is 0.378 e. The third kappa shape index (κ3) is 2.92. The molecule has 2 aliphatic heterocycles. The highest BCUT2D eigenvalue weighted by Gasteiger charge is 2.44. The number of morpholine rings is 1. The van der Waals surface area contributed by atoms with Crippen LogP contribution in [0.15, 0.2) is 18.3 Å². The molecule has 4 nitrogen and oxygen atoms in total. The highest BCUT2D eigenvalue weighted by atomic mass is 19.4. The molecule has 2 atom stereocenters. The predicted octanol–water partition coefficient (Wildman–Crippen LogP) is 2.40. The fraction of sp³-hybridized carbons (Fsp3) is 0.688. The second-order valence-electron chi connectivity index (χ2n) is 6.65. The lowest BCUT2D eigenvalue weighted by Gasteiger charge is -2.48. The van der Waals surface area contributed by atoms with Gasteiger partial charge in [-0.1, -0.05) is 0 Å². The Kier molecular flexibility index (Phi) is 3.72. The first-order valence-electron chi connectivity index (χ1n) is 8.14. The number of hydrogen-bond donors (Lipinski definition) is 0. The first-order valence-corrected chi connectivity index (χ1v) is 8.14. The second kappa shape index (κ2) is 5.63. The molecule has 0 radical (unpaired) electrons. The normalized spacial score (nSPS) is 29.4. The van der Waals surface area contributed by atoms with Gasteiger partial charge in [0.15, 0.2) is 0 Å². The lowest BCUT2D eigenvalue weighted by Crippen LogP contribution is -2.62. The van der Waals surface area contributed by atoms with E-state index in [0.717, 1.165) is 19.2 Å². The zero-order chi connectivity index (χ0) is 16.0. The topological polar surface area (TPSA) is 28.6 Å². The van der Waals surface area contributed by atoms with Crippen molar-refractivity contribution < 1.29 is 17.9 Å². The van der Waals surface area contributed by atoms with E-state index in [4.69, 9.17) is 4.74 Å². The Morgan fingerprint density at radius 1 is 1.17 bits per heavy atom. The summed E-state index contributed by atoms with van der Waals surface area (Å²) in [6.45, 7) is 3.26. The van der Waals surface area contributed by atoms with Gasteiger partial charge in [0.25, 0.3) is 0 Å². The van der Waals surface area contributed by atoms with Crippen LogP contribution in [0.5, 0.6) is 0 Å². The van der Waals surface area contributed by atoms with Gasteiger partial charge >= 0.3 is 6.18 Å². The van der Waals surface area contributed by atoms with Gasteiger partial charge in [0.05, 0.1) is 24.8 Å². The quantitative estimate of drug-likeness (QED) is 0.834. The standard InChI is InChI=1S/C16H20F3N3O/c17-16(18,19)13-2-1-5-20-15(13)21-6-7-22-12(8-21)9-23-10-14(22)11-3-4-11/h1-2,5,11-12,14H,3-4,6-10H2/t12-,14-/m1/s1. The minimum absolute atomic E-state index is 0.0493. The molecule has 1 aromatic heterocycles. The van der Waals surface area contributed by atoms with Crippen molar-refractivity contribution in [2.24, 2.45) is 5.92 Å². The van der Waals surface area contributed by atoms with Crippen molar-refractivity contribution >= 4 is 5.82 Å². The predicted molar refractivity (Wildman–Crippen MR) is 79.3 cm³/mol. The number of piperazine rings is 1. The molecule has 0 spiro atoms. The van der Waals surface area contributed by atoms with Crippen molar-refractivity contribution in [3.63, 3.8) is 0 Å². The molecule has 0 amide bonds. The summed E-state index contributed by atoms with van der Waals surface area (Å²) in [5.74, 6) is 0.762. The number of aromatic nitrogens is 1. The fourth-order valence-corrected chi connectivity index (χ4v) is 3.83. The van der Waals surface area contributed by atoms with E-state index in [1.54, 1.807) is 4.90 Å². The molecule has 3 fully saturated rings. The van der Waals surface area contributed by atoms with E-state index in [9.17, 15) is 13.2 Å². The van der Waals surface area contributed by atoms with E-state index >= 15 is 0 Å². The summed E-state index contributed by atoms with van der Waals surface area (Å²) in [5, 5.41) is 0. The van der Waals surface area contributed by atoms with Crippen molar-refractivity contribution in [1.29, 1.82) is 0 Å². The van der Waals surface area contributed by atoms with Crippen molar-refractivity contribution in [1.82, 2.24) is 9.88 Å². The third-order valence-corrected chi connectivity index (χ3v) is 5.11. The molecular weight excluding hydrogens is 307 g/mol. The molecule has 4 rings (SSSR count). The number of pyridine rings is 1. The number of anilines is 1. The molecule has 126 valence electrons. The van der Waals surface area contributed by atoms with Crippen molar-refractivity contribution in [2.75, 3.05) is 37.7 Å².